The molecule has 0 bridgehead atoms. The van der Waals surface area contributed by atoms with Gasteiger partial charge in [0.05, 0.1) is 5.82 Å². The summed E-state index contributed by atoms with van der Waals surface area (Å²) in [6.45, 7) is 13.1. The Bertz CT molecular complexity index is 458. The van der Waals surface area contributed by atoms with Crippen molar-refractivity contribution in [2.45, 2.75) is 12.8 Å². The Hall–Kier alpha value is -2.22. The van der Waals surface area contributed by atoms with E-state index in [1.165, 1.54) is 11.1 Å². The summed E-state index contributed by atoms with van der Waals surface area (Å²) in [5.74, 6) is 0.864. The molecule has 0 aliphatic carbocycles. The molecule has 0 radical (unpaired) electrons. The molecule has 0 atom stereocenters. The van der Waals surface area contributed by atoms with E-state index in [1.54, 1.807) is 6.08 Å². The zero-order valence-corrected chi connectivity index (χ0v) is 12.1. The van der Waals surface area contributed by atoms with Gasteiger partial charge in [0.2, 0.25) is 0 Å². The monoisotopic (exact) mass is 268 g/mol. The van der Waals surface area contributed by atoms with Gasteiger partial charge in [-0.05, 0) is 24.0 Å². The Morgan fingerprint density at radius 1 is 1.05 bits per heavy atom. The molecule has 0 spiro atoms. The van der Waals surface area contributed by atoms with Gasteiger partial charge in [-0.3, -0.25) is 0 Å². The summed E-state index contributed by atoms with van der Waals surface area (Å²) in [4.78, 5) is 0. The maximum absolute atomic E-state index is 3.97. The van der Waals surface area contributed by atoms with E-state index >= 15 is 0 Å². The highest BCUT2D eigenvalue weighted by atomic mass is 15.1. The van der Waals surface area contributed by atoms with E-state index in [0.29, 0.717) is 0 Å². The van der Waals surface area contributed by atoms with Crippen LogP contribution in [0.4, 0.5) is 0 Å². The molecule has 0 saturated carbocycles. The second-order valence-corrected chi connectivity index (χ2v) is 4.50. The maximum atomic E-state index is 3.97. The molecule has 2 nitrogen and oxygen atoms in total. The fourth-order valence-electron chi connectivity index (χ4n) is 1.83. The lowest BCUT2D eigenvalue weighted by Crippen LogP contribution is -2.27. The number of benzene rings is 1. The van der Waals surface area contributed by atoms with Gasteiger partial charge < -0.3 is 10.6 Å². The van der Waals surface area contributed by atoms with Crippen molar-refractivity contribution < 1.29 is 0 Å². The Morgan fingerprint density at radius 2 is 1.75 bits per heavy atom. The fourth-order valence-corrected chi connectivity index (χ4v) is 1.83. The highest BCUT2D eigenvalue weighted by Gasteiger charge is 1.95. The van der Waals surface area contributed by atoms with Gasteiger partial charge in [-0.25, -0.2) is 0 Å². The first-order valence-corrected chi connectivity index (χ1v) is 6.91. The van der Waals surface area contributed by atoms with E-state index in [0.717, 1.165) is 31.8 Å². The van der Waals surface area contributed by atoms with E-state index in [1.807, 2.05) is 18.2 Å². The molecule has 1 aromatic carbocycles. The van der Waals surface area contributed by atoms with E-state index in [9.17, 15) is 0 Å². The standard InChI is InChI=1S/C18H24N2/c1-4-9-17(5-2)12-14-19-16(3)20-15-13-18-10-7-6-8-11-18/h4-11,19-20H,1-3,12-15H2/b17-9+. The van der Waals surface area contributed by atoms with Crippen molar-refractivity contribution in [1.29, 1.82) is 0 Å². The van der Waals surface area contributed by atoms with Crippen molar-refractivity contribution >= 4 is 0 Å². The first kappa shape index (κ1) is 15.8. The molecule has 1 aromatic rings. The molecule has 0 amide bonds. The van der Waals surface area contributed by atoms with Crippen LogP contribution in [0.5, 0.6) is 0 Å². The second-order valence-electron chi connectivity index (χ2n) is 4.50. The maximum Gasteiger partial charge on any atom is 0.0912 e. The third-order valence-electron chi connectivity index (χ3n) is 2.94. The van der Waals surface area contributed by atoms with E-state index < -0.39 is 0 Å². The zero-order chi connectivity index (χ0) is 14.6. The molecule has 0 fully saturated rings. The zero-order valence-electron chi connectivity index (χ0n) is 12.1. The van der Waals surface area contributed by atoms with Crippen molar-refractivity contribution in [3.05, 3.63) is 85.3 Å². The van der Waals surface area contributed by atoms with E-state index in [-0.39, 0.29) is 0 Å². The predicted octanol–water partition coefficient (Wildman–Crippen LogP) is 3.57. The molecule has 0 unspecified atom stereocenters. The number of nitrogens with one attached hydrogen (secondary N) is 2. The summed E-state index contributed by atoms with van der Waals surface area (Å²) in [6.07, 6.45) is 7.52. The van der Waals surface area contributed by atoms with Gasteiger partial charge in [-0.1, -0.05) is 68.3 Å². The number of allylic oxidation sites excluding steroid dienone is 3. The van der Waals surface area contributed by atoms with Gasteiger partial charge in [0.25, 0.3) is 0 Å². The topological polar surface area (TPSA) is 24.1 Å². The molecule has 0 saturated heterocycles. The Kier molecular flexibility index (Phi) is 7.66. The van der Waals surface area contributed by atoms with Crippen molar-refractivity contribution in [2.75, 3.05) is 13.1 Å². The molecule has 0 aromatic heterocycles. The van der Waals surface area contributed by atoms with Gasteiger partial charge in [-0.15, -0.1) is 0 Å². The fraction of sp³-hybridized carbons (Fsp3) is 0.222. The number of rotatable bonds is 10. The summed E-state index contributed by atoms with van der Waals surface area (Å²) in [5, 5.41) is 6.55. The van der Waals surface area contributed by atoms with Crippen LogP contribution >= 0.6 is 0 Å². The molecule has 0 heterocycles. The lowest BCUT2D eigenvalue weighted by molar-refractivity contribution is 0.679. The van der Waals surface area contributed by atoms with Crippen LogP contribution in [0.3, 0.4) is 0 Å². The number of hydrogen-bond donors (Lipinski definition) is 2. The Balaban J connectivity index is 2.16. The van der Waals surface area contributed by atoms with Gasteiger partial charge in [0, 0.05) is 13.1 Å². The van der Waals surface area contributed by atoms with Crippen molar-refractivity contribution in [1.82, 2.24) is 10.6 Å². The minimum atomic E-state index is 0.836. The van der Waals surface area contributed by atoms with E-state index in [4.69, 9.17) is 0 Å². The minimum absolute atomic E-state index is 0.836. The van der Waals surface area contributed by atoms with Crippen LogP contribution in [-0.2, 0) is 6.42 Å². The van der Waals surface area contributed by atoms with Crippen LogP contribution in [0.25, 0.3) is 0 Å². The van der Waals surface area contributed by atoms with Crippen LogP contribution in [0.15, 0.2) is 79.7 Å². The average molecular weight is 268 g/mol. The van der Waals surface area contributed by atoms with Crippen LogP contribution in [0.2, 0.25) is 0 Å². The summed E-state index contributed by atoms with van der Waals surface area (Å²) in [6, 6.07) is 10.4. The van der Waals surface area contributed by atoms with Crippen molar-refractivity contribution in [3.63, 3.8) is 0 Å². The third kappa shape index (κ3) is 6.64. The van der Waals surface area contributed by atoms with Crippen LogP contribution < -0.4 is 10.6 Å². The smallest absolute Gasteiger partial charge is 0.0912 e. The second kappa shape index (κ2) is 9.68. The first-order valence-electron chi connectivity index (χ1n) is 6.91. The number of hydrogen-bond acceptors (Lipinski definition) is 2. The Labute approximate surface area is 122 Å². The summed E-state index contributed by atoms with van der Waals surface area (Å²) in [7, 11) is 0. The van der Waals surface area contributed by atoms with Gasteiger partial charge in [0.15, 0.2) is 0 Å². The molecular formula is C18H24N2. The predicted molar refractivity (Wildman–Crippen MR) is 88.4 cm³/mol. The van der Waals surface area contributed by atoms with Crippen LogP contribution in [0, 0.1) is 0 Å². The SMILES string of the molecule is C=C/C=C(\C=C)CCNC(=C)NCCc1ccccc1. The van der Waals surface area contributed by atoms with Crippen LogP contribution in [0.1, 0.15) is 12.0 Å². The molecule has 0 aliphatic heterocycles. The largest absolute Gasteiger partial charge is 0.372 e. The molecule has 0 aliphatic rings. The summed E-state index contributed by atoms with van der Waals surface area (Å²) >= 11 is 0. The third-order valence-corrected chi connectivity index (χ3v) is 2.94. The normalized spacial score (nSPS) is 10.7. The quantitative estimate of drug-likeness (QED) is 0.634. The molecule has 2 heteroatoms. The lowest BCUT2D eigenvalue weighted by atomic mass is 10.1. The van der Waals surface area contributed by atoms with E-state index in [2.05, 4.69) is 54.6 Å². The first-order chi connectivity index (χ1) is 9.76. The van der Waals surface area contributed by atoms with Crippen LogP contribution in [-0.4, -0.2) is 13.1 Å². The Morgan fingerprint density at radius 3 is 2.40 bits per heavy atom. The van der Waals surface area contributed by atoms with Crippen molar-refractivity contribution in [2.24, 2.45) is 0 Å². The summed E-state index contributed by atoms with van der Waals surface area (Å²) < 4.78 is 0. The van der Waals surface area contributed by atoms with Gasteiger partial charge in [0.1, 0.15) is 0 Å². The van der Waals surface area contributed by atoms with Gasteiger partial charge >= 0.3 is 0 Å². The van der Waals surface area contributed by atoms with Gasteiger partial charge in [-0.2, -0.15) is 0 Å². The summed E-state index contributed by atoms with van der Waals surface area (Å²) in [5.41, 5.74) is 2.50. The molecular weight excluding hydrogens is 244 g/mol. The minimum Gasteiger partial charge on any atom is -0.372 e. The highest BCUT2D eigenvalue weighted by molar-refractivity contribution is 5.21. The van der Waals surface area contributed by atoms with Crippen molar-refractivity contribution in [3.8, 4) is 0 Å². The molecule has 2 N–H and O–H groups in total. The lowest BCUT2D eigenvalue weighted by Gasteiger charge is -2.12. The molecule has 1 rings (SSSR count). The molecule has 106 valence electrons. The average Bonchev–Trinajstić information content (AvgIpc) is 2.47. The molecule has 20 heavy (non-hydrogen) atoms. The highest BCUT2D eigenvalue weighted by Crippen LogP contribution is 2.02.